The van der Waals surface area contributed by atoms with Gasteiger partial charge in [-0.2, -0.15) is 0 Å². The molecular weight excluding hydrogens is 168 g/mol. The lowest BCUT2D eigenvalue weighted by atomic mass is 10.3. The number of rotatable bonds is 6. The van der Waals surface area contributed by atoms with Gasteiger partial charge in [-0.05, 0) is 12.8 Å². The molecule has 0 rings (SSSR count). The van der Waals surface area contributed by atoms with E-state index in [9.17, 15) is 9.59 Å². The Balaban J connectivity index is 3.77. The molecule has 0 heterocycles. The van der Waals surface area contributed by atoms with Crippen LogP contribution in [0.1, 0.15) is 33.1 Å². The largest absolute Gasteiger partial charge is 0.338 e. The van der Waals surface area contributed by atoms with Crippen LogP contribution in [0.4, 0.5) is 4.79 Å². The molecule has 0 saturated heterocycles. The third-order valence-electron chi connectivity index (χ3n) is 1.62. The summed E-state index contributed by atoms with van der Waals surface area (Å²) in [5, 5.41) is 2.62. The highest BCUT2D eigenvalue weighted by atomic mass is 16.2. The van der Waals surface area contributed by atoms with Crippen LogP contribution in [0, 0.1) is 0 Å². The SMILES string of the molecule is CCCCN([C]=O)C(=O)NCCC. The van der Waals surface area contributed by atoms with E-state index in [-0.39, 0.29) is 6.03 Å². The molecule has 1 N–H and O–H groups in total. The molecule has 0 aliphatic carbocycles. The summed E-state index contributed by atoms with van der Waals surface area (Å²) in [6.45, 7) is 5.02. The van der Waals surface area contributed by atoms with Crippen LogP contribution in [0.5, 0.6) is 0 Å². The molecule has 0 atom stereocenters. The lowest BCUT2D eigenvalue weighted by Crippen LogP contribution is -2.39. The third-order valence-corrected chi connectivity index (χ3v) is 1.62. The van der Waals surface area contributed by atoms with Gasteiger partial charge in [0.05, 0.1) is 0 Å². The van der Waals surface area contributed by atoms with Crippen LogP contribution in [0.25, 0.3) is 0 Å². The van der Waals surface area contributed by atoms with Crippen molar-refractivity contribution in [3.63, 3.8) is 0 Å². The Morgan fingerprint density at radius 1 is 1.38 bits per heavy atom. The molecule has 4 nitrogen and oxygen atoms in total. The first-order valence-electron chi connectivity index (χ1n) is 4.69. The highest BCUT2D eigenvalue weighted by Gasteiger charge is 2.10. The van der Waals surface area contributed by atoms with Gasteiger partial charge in [-0.15, -0.1) is 0 Å². The van der Waals surface area contributed by atoms with Crippen LogP contribution >= 0.6 is 0 Å². The van der Waals surface area contributed by atoms with Gasteiger partial charge in [0, 0.05) is 13.1 Å². The highest BCUT2D eigenvalue weighted by molar-refractivity contribution is 5.84. The van der Waals surface area contributed by atoms with Crippen molar-refractivity contribution in [2.45, 2.75) is 33.1 Å². The summed E-state index contributed by atoms with van der Waals surface area (Å²) in [5.74, 6) is 0. The summed E-state index contributed by atoms with van der Waals surface area (Å²) in [6.07, 6.45) is 4.27. The minimum atomic E-state index is -0.342. The Kier molecular flexibility index (Phi) is 6.96. The lowest BCUT2D eigenvalue weighted by molar-refractivity contribution is 0.218. The van der Waals surface area contributed by atoms with Crippen molar-refractivity contribution < 1.29 is 9.59 Å². The Hall–Kier alpha value is -1.06. The van der Waals surface area contributed by atoms with E-state index in [1.165, 1.54) is 0 Å². The first kappa shape index (κ1) is 11.9. The zero-order chi connectivity index (χ0) is 10.1. The zero-order valence-corrected chi connectivity index (χ0v) is 8.30. The van der Waals surface area contributed by atoms with Gasteiger partial charge in [0.1, 0.15) is 0 Å². The van der Waals surface area contributed by atoms with E-state index >= 15 is 0 Å². The molecule has 0 aromatic carbocycles. The van der Waals surface area contributed by atoms with Crippen molar-refractivity contribution in [3.8, 4) is 0 Å². The van der Waals surface area contributed by atoms with Crippen LogP contribution in [0.3, 0.4) is 0 Å². The van der Waals surface area contributed by atoms with Crippen LogP contribution in [-0.2, 0) is 4.79 Å². The maximum Gasteiger partial charge on any atom is 0.324 e. The average Bonchev–Trinajstić information content (AvgIpc) is 2.16. The molecular formula is C9H17N2O2. The van der Waals surface area contributed by atoms with Crippen molar-refractivity contribution >= 4 is 12.4 Å². The fraction of sp³-hybridized carbons (Fsp3) is 0.778. The summed E-state index contributed by atoms with van der Waals surface area (Å²) in [7, 11) is 0. The molecule has 0 aromatic rings. The molecule has 3 amide bonds. The number of amides is 3. The predicted molar refractivity (Wildman–Crippen MR) is 51.0 cm³/mol. The molecule has 0 unspecified atom stereocenters. The normalized spacial score (nSPS) is 9.38. The lowest BCUT2D eigenvalue weighted by Gasteiger charge is -2.14. The second-order valence-electron chi connectivity index (χ2n) is 2.83. The van der Waals surface area contributed by atoms with E-state index in [0.717, 1.165) is 24.2 Å². The van der Waals surface area contributed by atoms with Crippen LogP contribution < -0.4 is 5.32 Å². The quantitative estimate of drug-likeness (QED) is 0.633. The number of hydrogen-bond donors (Lipinski definition) is 1. The van der Waals surface area contributed by atoms with Gasteiger partial charge >= 0.3 is 12.4 Å². The molecule has 0 bridgehead atoms. The number of carbonyl (C=O) groups excluding carboxylic acids is 2. The van der Waals surface area contributed by atoms with Gasteiger partial charge in [-0.1, -0.05) is 20.3 Å². The fourth-order valence-electron chi connectivity index (χ4n) is 0.832. The molecule has 0 fully saturated rings. The predicted octanol–water partition coefficient (Wildman–Crippen LogP) is 1.28. The van der Waals surface area contributed by atoms with Crippen LogP contribution in [-0.4, -0.2) is 30.4 Å². The second-order valence-corrected chi connectivity index (χ2v) is 2.83. The molecule has 0 aliphatic rings. The van der Waals surface area contributed by atoms with Gasteiger partial charge in [-0.3, -0.25) is 9.69 Å². The van der Waals surface area contributed by atoms with Gasteiger partial charge in [0.2, 0.25) is 0 Å². The van der Waals surface area contributed by atoms with Gasteiger partial charge < -0.3 is 5.32 Å². The Labute approximate surface area is 79.3 Å². The fourth-order valence-corrected chi connectivity index (χ4v) is 0.832. The summed E-state index contributed by atoms with van der Waals surface area (Å²) in [5.41, 5.74) is 0. The number of urea groups is 1. The molecule has 0 aromatic heterocycles. The van der Waals surface area contributed by atoms with Gasteiger partial charge in [0.25, 0.3) is 0 Å². The van der Waals surface area contributed by atoms with Gasteiger partial charge in [-0.25, -0.2) is 4.79 Å². The van der Waals surface area contributed by atoms with Crippen molar-refractivity contribution in [1.29, 1.82) is 0 Å². The highest BCUT2D eigenvalue weighted by Crippen LogP contribution is 1.92. The first-order chi connectivity index (χ1) is 6.26. The van der Waals surface area contributed by atoms with E-state index < -0.39 is 0 Å². The molecule has 13 heavy (non-hydrogen) atoms. The maximum atomic E-state index is 11.2. The third kappa shape index (κ3) is 5.22. The Bertz CT molecular complexity index is 160. The molecule has 75 valence electrons. The number of nitrogens with one attached hydrogen (secondary N) is 1. The standard InChI is InChI=1S/C9H17N2O2/c1-3-5-7-11(8-12)9(13)10-6-4-2/h3-7H2,1-2H3,(H,10,13). The summed E-state index contributed by atoms with van der Waals surface area (Å²) in [4.78, 5) is 22.6. The molecule has 0 aliphatic heterocycles. The topological polar surface area (TPSA) is 49.4 Å². The van der Waals surface area contributed by atoms with E-state index in [1.54, 1.807) is 6.41 Å². The van der Waals surface area contributed by atoms with Crippen molar-refractivity contribution in [2.75, 3.05) is 13.1 Å². The number of carbonyl (C=O) groups is 1. The first-order valence-corrected chi connectivity index (χ1v) is 4.69. The van der Waals surface area contributed by atoms with Crippen molar-refractivity contribution in [3.05, 3.63) is 0 Å². The van der Waals surface area contributed by atoms with E-state index in [2.05, 4.69) is 5.32 Å². The minimum absolute atomic E-state index is 0.342. The summed E-state index contributed by atoms with van der Waals surface area (Å²) < 4.78 is 0. The average molecular weight is 185 g/mol. The maximum absolute atomic E-state index is 11.2. The minimum Gasteiger partial charge on any atom is -0.338 e. The second kappa shape index (κ2) is 7.58. The summed E-state index contributed by atoms with van der Waals surface area (Å²) in [6, 6.07) is -0.342. The smallest absolute Gasteiger partial charge is 0.324 e. The number of hydrogen-bond acceptors (Lipinski definition) is 2. The number of nitrogens with zero attached hydrogens (tertiary/aromatic N) is 1. The zero-order valence-electron chi connectivity index (χ0n) is 8.30. The number of unbranched alkanes of at least 4 members (excludes halogenated alkanes) is 1. The monoisotopic (exact) mass is 185 g/mol. The van der Waals surface area contributed by atoms with Crippen molar-refractivity contribution in [1.82, 2.24) is 10.2 Å². The molecule has 0 saturated carbocycles. The van der Waals surface area contributed by atoms with E-state index in [0.29, 0.717) is 13.1 Å². The van der Waals surface area contributed by atoms with E-state index in [4.69, 9.17) is 0 Å². The molecule has 1 radical (unpaired) electrons. The van der Waals surface area contributed by atoms with Crippen LogP contribution in [0.2, 0.25) is 0 Å². The van der Waals surface area contributed by atoms with Crippen molar-refractivity contribution in [2.24, 2.45) is 0 Å². The molecule has 4 heteroatoms. The van der Waals surface area contributed by atoms with Crippen LogP contribution in [0.15, 0.2) is 0 Å². The Morgan fingerprint density at radius 2 is 2.08 bits per heavy atom. The summed E-state index contributed by atoms with van der Waals surface area (Å²) >= 11 is 0. The Morgan fingerprint density at radius 3 is 2.54 bits per heavy atom. The number of imide groups is 1. The van der Waals surface area contributed by atoms with Gasteiger partial charge in [0.15, 0.2) is 0 Å². The van der Waals surface area contributed by atoms with E-state index in [1.807, 2.05) is 13.8 Å². The molecule has 0 spiro atoms.